The standard InChI is InChI=1S/C33H36FNO4.ClH/c1-38-29-8-4-9-30(39-2)32(29)28-7-3-6-25-19-26(33(36)37)14-15-27(25)31(28)24-12-10-22(11-13-24)18-23-20-35(21-23)17-5-16-34;/h4,8-15,19,23H,3,5-7,16-18,20-21H2,1-2H3,(H,36,37);1H. The molecule has 1 aliphatic heterocycles. The maximum atomic E-state index is 12.5. The molecule has 5 rings (SSSR count). The highest BCUT2D eigenvalue weighted by Gasteiger charge is 2.27. The normalized spacial score (nSPS) is 15.5. The van der Waals surface area contributed by atoms with E-state index in [1.165, 1.54) is 5.56 Å². The predicted molar refractivity (Wildman–Crippen MR) is 160 cm³/mol. The quantitative estimate of drug-likeness (QED) is 0.288. The summed E-state index contributed by atoms with van der Waals surface area (Å²) in [7, 11) is 3.35. The van der Waals surface area contributed by atoms with Crippen LogP contribution >= 0.6 is 12.4 Å². The molecule has 1 N–H and O–H groups in total. The highest BCUT2D eigenvalue weighted by molar-refractivity contribution is 6.02. The smallest absolute Gasteiger partial charge is 0.335 e. The lowest BCUT2D eigenvalue weighted by atomic mass is 9.85. The van der Waals surface area contributed by atoms with Crippen molar-refractivity contribution in [3.8, 4) is 11.5 Å². The molecule has 40 heavy (non-hydrogen) atoms. The number of carbonyl (C=O) groups is 1. The average Bonchev–Trinajstić information content (AvgIpc) is 3.13. The van der Waals surface area contributed by atoms with Crippen molar-refractivity contribution < 1.29 is 23.8 Å². The lowest BCUT2D eigenvalue weighted by Gasteiger charge is -2.39. The second kappa shape index (κ2) is 13.3. The molecule has 0 aromatic heterocycles. The van der Waals surface area contributed by atoms with Gasteiger partial charge in [0.2, 0.25) is 0 Å². The summed E-state index contributed by atoms with van der Waals surface area (Å²) in [5.74, 6) is 1.21. The molecule has 0 bridgehead atoms. The van der Waals surface area contributed by atoms with E-state index in [1.54, 1.807) is 20.3 Å². The summed E-state index contributed by atoms with van der Waals surface area (Å²) in [5, 5.41) is 9.63. The highest BCUT2D eigenvalue weighted by atomic mass is 35.5. The Hall–Kier alpha value is -3.35. The molecular formula is C33H37ClFNO4. The van der Waals surface area contributed by atoms with Crippen LogP contribution in [0, 0.1) is 5.92 Å². The van der Waals surface area contributed by atoms with Gasteiger partial charge in [-0.05, 0) is 95.7 Å². The Bertz CT molecular complexity index is 1340. The Morgan fingerprint density at radius 1 is 1.00 bits per heavy atom. The zero-order chi connectivity index (χ0) is 27.4. The van der Waals surface area contributed by atoms with Crippen LogP contribution in [-0.4, -0.2) is 56.5 Å². The third-order valence-corrected chi connectivity index (χ3v) is 7.93. The molecule has 1 saturated heterocycles. The fraction of sp³-hybridized carbons (Fsp3) is 0.364. The minimum absolute atomic E-state index is 0. The van der Waals surface area contributed by atoms with Crippen LogP contribution in [0.3, 0.4) is 0 Å². The van der Waals surface area contributed by atoms with Gasteiger partial charge >= 0.3 is 5.97 Å². The van der Waals surface area contributed by atoms with Gasteiger partial charge in [0.05, 0.1) is 32.0 Å². The van der Waals surface area contributed by atoms with Gasteiger partial charge in [0.15, 0.2) is 0 Å². The molecule has 1 fully saturated rings. The van der Waals surface area contributed by atoms with Gasteiger partial charge in [-0.25, -0.2) is 4.79 Å². The first kappa shape index (κ1) is 29.6. The van der Waals surface area contributed by atoms with E-state index < -0.39 is 5.97 Å². The number of likely N-dealkylation sites (tertiary alicyclic amines) is 1. The fourth-order valence-electron chi connectivity index (χ4n) is 6.06. The highest BCUT2D eigenvalue weighted by Crippen LogP contribution is 2.46. The lowest BCUT2D eigenvalue weighted by Crippen LogP contribution is -2.47. The van der Waals surface area contributed by atoms with Gasteiger partial charge in [0.25, 0.3) is 0 Å². The molecule has 3 aromatic carbocycles. The number of fused-ring (bicyclic) bond motifs is 1. The van der Waals surface area contributed by atoms with Crippen LogP contribution in [0.5, 0.6) is 11.5 Å². The largest absolute Gasteiger partial charge is 0.496 e. The summed E-state index contributed by atoms with van der Waals surface area (Å²) < 4.78 is 24.1. The number of aromatic carboxylic acids is 1. The van der Waals surface area contributed by atoms with E-state index in [1.807, 2.05) is 30.3 Å². The van der Waals surface area contributed by atoms with E-state index in [9.17, 15) is 14.3 Å². The van der Waals surface area contributed by atoms with Crippen molar-refractivity contribution in [3.05, 3.63) is 94.0 Å². The molecule has 0 amide bonds. The van der Waals surface area contributed by atoms with Crippen molar-refractivity contribution in [2.24, 2.45) is 5.92 Å². The van der Waals surface area contributed by atoms with Crippen molar-refractivity contribution >= 4 is 29.5 Å². The molecular weight excluding hydrogens is 529 g/mol. The Labute approximate surface area is 242 Å². The Morgan fingerprint density at radius 2 is 1.70 bits per heavy atom. The second-order valence-electron chi connectivity index (χ2n) is 10.5. The Morgan fingerprint density at radius 3 is 2.33 bits per heavy atom. The van der Waals surface area contributed by atoms with E-state index >= 15 is 0 Å². The van der Waals surface area contributed by atoms with Crippen LogP contribution in [0.1, 0.15) is 57.4 Å². The summed E-state index contributed by atoms with van der Waals surface area (Å²) in [4.78, 5) is 14.1. The lowest BCUT2D eigenvalue weighted by molar-refractivity contribution is 0.0696. The average molecular weight is 566 g/mol. The van der Waals surface area contributed by atoms with E-state index in [4.69, 9.17) is 9.47 Å². The van der Waals surface area contributed by atoms with E-state index in [2.05, 4.69) is 29.2 Å². The number of alkyl halides is 1. The number of ether oxygens (including phenoxy) is 2. The first-order chi connectivity index (χ1) is 19.0. The molecule has 0 unspecified atom stereocenters. The topological polar surface area (TPSA) is 59.0 Å². The van der Waals surface area contributed by atoms with Gasteiger partial charge in [0, 0.05) is 19.6 Å². The summed E-state index contributed by atoms with van der Waals surface area (Å²) in [6.45, 7) is 2.66. The summed E-state index contributed by atoms with van der Waals surface area (Å²) in [6, 6.07) is 20.1. The van der Waals surface area contributed by atoms with Gasteiger partial charge in [-0.15, -0.1) is 12.4 Å². The molecule has 5 nitrogen and oxygen atoms in total. The molecule has 1 heterocycles. The van der Waals surface area contributed by atoms with Crippen LogP contribution in [0.25, 0.3) is 11.1 Å². The summed E-state index contributed by atoms with van der Waals surface area (Å²) in [6.07, 6.45) is 4.11. The van der Waals surface area contributed by atoms with E-state index in [0.717, 1.165) is 90.2 Å². The van der Waals surface area contributed by atoms with Gasteiger partial charge in [-0.2, -0.15) is 0 Å². The Kier molecular flexibility index (Phi) is 9.88. The number of rotatable bonds is 10. The number of aryl methyl sites for hydroxylation is 1. The van der Waals surface area contributed by atoms with Crippen molar-refractivity contribution in [3.63, 3.8) is 0 Å². The number of methoxy groups -OCH3 is 2. The minimum Gasteiger partial charge on any atom is -0.496 e. The number of nitrogens with zero attached hydrogens (tertiary/aromatic N) is 1. The number of halogens is 2. The van der Waals surface area contributed by atoms with E-state index in [-0.39, 0.29) is 19.1 Å². The molecule has 0 spiro atoms. The van der Waals surface area contributed by atoms with Gasteiger partial charge < -0.3 is 19.5 Å². The molecule has 0 atom stereocenters. The summed E-state index contributed by atoms with van der Waals surface area (Å²) in [5.41, 5.74) is 7.96. The maximum absolute atomic E-state index is 12.5. The fourth-order valence-corrected chi connectivity index (χ4v) is 6.06. The van der Waals surface area contributed by atoms with Gasteiger partial charge in [-0.1, -0.05) is 36.4 Å². The molecule has 212 valence electrons. The third-order valence-electron chi connectivity index (χ3n) is 7.93. The molecule has 3 aromatic rings. The van der Waals surface area contributed by atoms with Crippen LogP contribution in [0.15, 0.2) is 60.7 Å². The molecule has 0 radical (unpaired) electrons. The summed E-state index contributed by atoms with van der Waals surface area (Å²) >= 11 is 0. The van der Waals surface area contributed by atoms with Gasteiger partial charge in [0.1, 0.15) is 11.5 Å². The number of hydrogen-bond acceptors (Lipinski definition) is 4. The molecule has 0 saturated carbocycles. The van der Waals surface area contributed by atoms with Gasteiger partial charge in [-0.3, -0.25) is 4.39 Å². The van der Waals surface area contributed by atoms with Crippen LogP contribution in [0.2, 0.25) is 0 Å². The van der Waals surface area contributed by atoms with Crippen molar-refractivity contribution in [1.29, 1.82) is 0 Å². The monoisotopic (exact) mass is 565 g/mol. The van der Waals surface area contributed by atoms with E-state index in [0.29, 0.717) is 17.9 Å². The van der Waals surface area contributed by atoms with Crippen molar-refractivity contribution in [2.45, 2.75) is 32.1 Å². The van der Waals surface area contributed by atoms with Crippen molar-refractivity contribution in [1.82, 2.24) is 4.90 Å². The first-order valence-corrected chi connectivity index (χ1v) is 13.7. The van der Waals surface area contributed by atoms with Crippen LogP contribution < -0.4 is 9.47 Å². The van der Waals surface area contributed by atoms with Crippen molar-refractivity contribution in [2.75, 3.05) is 40.5 Å². The van der Waals surface area contributed by atoms with Crippen LogP contribution in [0.4, 0.5) is 4.39 Å². The Balaban J connectivity index is 0.00000370. The SMILES string of the molecule is COc1cccc(OC)c1C1=C(c2ccc(CC3CN(CCCF)C3)cc2)c2ccc(C(=O)O)cc2CCC1.Cl. The molecule has 7 heteroatoms. The maximum Gasteiger partial charge on any atom is 0.335 e. The van der Waals surface area contributed by atoms with Crippen LogP contribution in [-0.2, 0) is 12.8 Å². The number of carboxylic acids is 1. The number of hydrogen-bond donors (Lipinski definition) is 1. The number of carboxylic acid groups (broad SMARTS) is 1. The predicted octanol–water partition coefficient (Wildman–Crippen LogP) is 6.95. The first-order valence-electron chi connectivity index (χ1n) is 13.7. The molecule has 2 aliphatic rings. The second-order valence-corrected chi connectivity index (χ2v) is 10.5. The third kappa shape index (κ3) is 6.18. The number of allylic oxidation sites excluding steroid dienone is 1. The zero-order valence-electron chi connectivity index (χ0n) is 23.1. The number of benzene rings is 3. The zero-order valence-corrected chi connectivity index (χ0v) is 23.9. The minimum atomic E-state index is -0.914. The molecule has 1 aliphatic carbocycles.